The number of rotatable bonds is 1. The highest BCUT2D eigenvalue weighted by molar-refractivity contribution is 6.31. The maximum atomic E-state index is 13.7. The molecule has 4 atom stereocenters. The largest absolute Gasteiger partial charge is 0.360 e. The zero-order valence-electron chi connectivity index (χ0n) is 17.6. The number of halogens is 1. The Bertz CT molecular complexity index is 1140. The standard InChI is InChI=1S/C25H28ClN3O2/c26-18-6-7-19-21(12-18)27-13-20(24(19)30)25(31)29-9-3-4-15-10-16-11-17(23(15)29)14-28-8-2-1-5-22(16)28/h6-7,10,12-13,16-17,22-23H,1-5,8-9,11,14H2,(H,27,30)/t16-,17+,22-,23-/m1/s1. The molecule has 5 nitrogen and oxygen atoms in total. The summed E-state index contributed by atoms with van der Waals surface area (Å²) in [5.41, 5.74) is 2.14. The minimum absolute atomic E-state index is 0.132. The van der Waals surface area contributed by atoms with Crippen LogP contribution in [-0.2, 0) is 0 Å². The van der Waals surface area contributed by atoms with Crippen LogP contribution in [0.5, 0.6) is 0 Å². The highest BCUT2D eigenvalue weighted by Crippen LogP contribution is 2.45. The Morgan fingerprint density at radius 1 is 1.16 bits per heavy atom. The summed E-state index contributed by atoms with van der Waals surface area (Å²) in [6, 6.07) is 5.97. The van der Waals surface area contributed by atoms with Crippen molar-refractivity contribution in [2.45, 2.75) is 50.6 Å². The molecule has 1 amide bonds. The molecule has 6 heteroatoms. The Balaban J connectivity index is 1.36. The van der Waals surface area contributed by atoms with Crippen LogP contribution in [0.1, 0.15) is 48.9 Å². The number of benzene rings is 1. The number of hydrogen-bond acceptors (Lipinski definition) is 3. The summed E-state index contributed by atoms with van der Waals surface area (Å²) in [7, 11) is 0. The fraction of sp³-hybridized carbons (Fsp3) is 0.520. The van der Waals surface area contributed by atoms with Gasteiger partial charge in [-0.1, -0.05) is 29.7 Å². The average Bonchev–Trinajstić information content (AvgIpc) is 2.78. The van der Waals surface area contributed by atoms with Crippen LogP contribution in [0.4, 0.5) is 0 Å². The molecule has 1 aromatic heterocycles. The molecule has 2 aromatic rings. The number of amides is 1. The lowest BCUT2D eigenvalue weighted by Crippen LogP contribution is -2.60. The number of likely N-dealkylation sites (tertiary alicyclic amines) is 1. The second kappa shape index (κ2) is 7.49. The Hall–Kier alpha value is -2.11. The van der Waals surface area contributed by atoms with E-state index in [1.54, 1.807) is 24.4 Å². The lowest BCUT2D eigenvalue weighted by atomic mass is 9.68. The number of nitrogens with zero attached hydrogens (tertiary/aromatic N) is 2. The highest BCUT2D eigenvalue weighted by Gasteiger charge is 2.47. The summed E-state index contributed by atoms with van der Waals surface area (Å²) in [6.45, 7) is 3.00. The molecule has 3 fully saturated rings. The predicted molar refractivity (Wildman–Crippen MR) is 123 cm³/mol. The fourth-order valence-electron chi connectivity index (χ4n) is 6.71. The lowest BCUT2D eigenvalue weighted by Gasteiger charge is -2.54. The van der Waals surface area contributed by atoms with E-state index < -0.39 is 0 Å². The second-order valence-corrected chi connectivity index (χ2v) is 10.2. The van der Waals surface area contributed by atoms with Gasteiger partial charge in [-0.3, -0.25) is 14.5 Å². The van der Waals surface area contributed by atoms with Crippen LogP contribution in [0.15, 0.2) is 40.8 Å². The number of H-pyrrole nitrogens is 1. The number of hydrogen-bond donors (Lipinski definition) is 1. The van der Waals surface area contributed by atoms with Gasteiger partial charge in [0.1, 0.15) is 5.56 Å². The summed E-state index contributed by atoms with van der Waals surface area (Å²) in [5.74, 6) is 0.976. The van der Waals surface area contributed by atoms with E-state index in [9.17, 15) is 9.59 Å². The van der Waals surface area contributed by atoms with Crippen LogP contribution in [0.25, 0.3) is 10.9 Å². The van der Waals surface area contributed by atoms with Crippen molar-refractivity contribution in [3.8, 4) is 0 Å². The molecule has 1 aliphatic carbocycles. The Morgan fingerprint density at radius 2 is 2.06 bits per heavy atom. The molecule has 0 radical (unpaired) electrons. The maximum absolute atomic E-state index is 13.7. The van der Waals surface area contributed by atoms with Crippen molar-refractivity contribution in [2.24, 2.45) is 11.8 Å². The second-order valence-electron chi connectivity index (χ2n) is 9.73. The van der Waals surface area contributed by atoms with Crippen LogP contribution in [0.2, 0.25) is 5.02 Å². The SMILES string of the molecule is O=C(c1c[nH]c2cc(Cl)ccc2c1=O)N1CCCC2=C[C@@H]3C[C@@H](CN4CCCC[C@H]34)[C@@H]21. The zero-order chi connectivity index (χ0) is 21.1. The van der Waals surface area contributed by atoms with Crippen molar-refractivity contribution in [3.05, 3.63) is 56.9 Å². The monoisotopic (exact) mass is 437 g/mol. The zero-order valence-corrected chi connectivity index (χ0v) is 18.4. The van der Waals surface area contributed by atoms with Crippen LogP contribution in [0, 0.1) is 11.8 Å². The predicted octanol–water partition coefficient (Wildman–Crippen LogP) is 4.22. The van der Waals surface area contributed by atoms with Gasteiger partial charge in [0.15, 0.2) is 0 Å². The first kappa shape index (κ1) is 19.6. The van der Waals surface area contributed by atoms with Gasteiger partial charge in [-0.2, -0.15) is 0 Å². The van der Waals surface area contributed by atoms with Crippen LogP contribution in [-0.4, -0.2) is 52.4 Å². The van der Waals surface area contributed by atoms with Gasteiger partial charge >= 0.3 is 0 Å². The first-order chi connectivity index (χ1) is 15.1. The van der Waals surface area contributed by atoms with Crippen molar-refractivity contribution in [1.82, 2.24) is 14.8 Å². The molecule has 3 saturated heterocycles. The van der Waals surface area contributed by atoms with Gasteiger partial charge in [-0.05, 0) is 68.7 Å². The molecule has 0 saturated carbocycles. The van der Waals surface area contributed by atoms with E-state index in [4.69, 9.17) is 11.6 Å². The van der Waals surface area contributed by atoms with Gasteiger partial charge in [-0.15, -0.1) is 0 Å². The first-order valence-corrected chi connectivity index (χ1v) is 12.0. The summed E-state index contributed by atoms with van der Waals surface area (Å²) >= 11 is 6.06. The average molecular weight is 438 g/mol. The molecular formula is C25H28ClN3O2. The molecule has 6 rings (SSSR count). The van der Waals surface area contributed by atoms with E-state index in [-0.39, 0.29) is 22.9 Å². The number of pyridine rings is 1. The van der Waals surface area contributed by atoms with Crippen molar-refractivity contribution in [2.75, 3.05) is 19.6 Å². The van der Waals surface area contributed by atoms with Gasteiger partial charge in [0, 0.05) is 35.7 Å². The third kappa shape index (κ3) is 3.16. The molecule has 0 unspecified atom stereocenters. The molecule has 2 bridgehead atoms. The number of fused-ring (bicyclic) bond motifs is 7. The Kier molecular flexibility index (Phi) is 4.73. The first-order valence-electron chi connectivity index (χ1n) is 11.7. The van der Waals surface area contributed by atoms with E-state index in [1.165, 1.54) is 37.8 Å². The van der Waals surface area contributed by atoms with Crippen LogP contribution in [0.3, 0.4) is 0 Å². The van der Waals surface area contributed by atoms with Gasteiger partial charge < -0.3 is 9.88 Å². The maximum Gasteiger partial charge on any atom is 0.259 e. The summed E-state index contributed by atoms with van der Waals surface area (Å²) < 4.78 is 0. The molecule has 1 N–H and O–H groups in total. The summed E-state index contributed by atoms with van der Waals surface area (Å²) in [4.78, 5) is 34.6. The minimum atomic E-state index is -0.208. The number of carbonyl (C=O) groups excluding carboxylic acids is 1. The van der Waals surface area contributed by atoms with Gasteiger partial charge in [-0.25, -0.2) is 0 Å². The third-order valence-electron chi connectivity index (χ3n) is 7.99. The lowest BCUT2D eigenvalue weighted by molar-refractivity contribution is 0.00143. The number of aromatic amines is 1. The molecule has 4 aliphatic rings. The molecular weight excluding hydrogens is 410 g/mol. The quantitative estimate of drug-likeness (QED) is 0.679. The summed E-state index contributed by atoms with van der Waals surface area (Å²) in [6.07, 6.45) is 11.3. The topological polar surface area (TPSA) is 56.4 Å². The van der Waals surface area contributed by atoms with Crippen LogP contribution >= 0.6 is 11.6 Å². The molecule has 31 heavy (non-hydrogen) atoms. The summed E-state index contributed by atoms with van der Waals surface area (Å²) in [5, 5.41) is 1.08. The molecule has 0 spiro atoms. The van der Waals surface area contributed by atoms with E-state index in [0.717, 1.165) is 25.9 Å². The molecule has 4 heterocycles. The Labute approximate surface area is 187 Å². The van der Waals surface area contributed by atoms with E-state index >= 15 is 0 Å². The number of piperidine rings is 3. The van der Waals surface area contributed by atoms with Crippen molar-refractivity contribution < 1.29 is 4.79 Å². The number of aromatic nitrogens is 1. The fourth-order valence-corrected chi connectivity index (χ4v) is 6.88. The third-order valence-corrected chi connectivity index (χ3v) is 8.23. The molecule has 162 valence electrons. The molecule has 1 aromatic carbocycles. The molecule has 3 aliphatic heterocycles. The van der Waals surface area contributed by atoms with Crippen molar-refractivity contribution in [3.63, 3.8) is 0 Å². The Morgan fingerprint density at radius 3 is 2.97 bits per heavy atom. The van der Waals surface area contributed by atoms with Gasteiger partial charge in [0.2, 0.25) is 5.43 Å². The van der Waals surface area contributed by atoms with E-state index in [1.807, 2.05) is 4.90 Å². The van der Waals surface area contributed by atoms with E-state index in [0.29, 0.717) is 33.8 Å². The smallest absolute Gasteiger partial charge is 0.259 e. The highest BCUT2D eigenvalue weighted by atomic mass is 35.5. The van der Waals surface area contributed by atoms with Gasteiger partial charge in [0.25, 0.3) is 5.91 Å². The normalized spacial score (nSPS) is 30.5. The van der Waals surface area contributed by atoms with E-state index in [2.05, 4.69) is 16.0 Å². The van der Waals surface area contributed by atoms with Gasteiger partial charge in [0.05, 0.1) is 11.6 Å². The van der Waals surface area contributed by atoms with Crippen LogP contribution < -0.4 is 5.43 Å². The van der Waals surface area contributed by atoms with Crippen molar-refractivity contribution in [1.29, 1.82) is 0 Å². The number of carbonyl (C=O) groups is 1. The minimum Gasteiger partial charge on any atom is -0.360 e. The number of nitrogens with one attached hydrogen (secondary N) is 1. The van der Waals surface area contributed by atoms with Crippen molar-refractivity contribution >= 4 is 28.4 Å².